The summed E-state index contributed by atoms with van der Waals surface area (Å²) in [4.78, 5) is 18.8. The van der Waals surface area contributed by atoms with E-state index < -0.39 is 23.2 Å². The molecule has 4 nitrogen and oxygen atoms in total. The van der Waals surface area contributed by atoms with Gasteiger partial charge < -0.3 is 5.73 Å². The third-order valence-corrected chi connectivity index (χ3v) is 5.00. The second-order valence-electron chi connectivity index (χ2n) is 6.94. The molecule has 0 saturated heterocycles. The number of halogens is 3. The number of nitrogens with zero attached hydrogens (tertiary/aromatic N) is 2. The smallest absolute Gasteiger partial charge is 0.369 e. The number of carbonyl (C=O) groups excluding carboxylic acids is 1. The van der Waals surface area contributed by atoms with Crippen LogP contribution in [-0.4, -0.2) is 23.8 Å². The predicted molar refractivity (Wildman–Crippen MR) is 97.1 cm³/mol. The summed E-state index contributed by atoms with van der Waals surface area (Å²) in [5, 5.41) is 0. The van der Waals surface area contributed by atoms with Crippen LogP contribution in [0.5, 0.6) is 0 Å². The Hall–Kier alpha value is -2.83. The third kappa shape index (κ3) is 3.29. The van der Waals surface area contributed by atoms with Gasteiger partial charge in [0.15, 0.2) is 5.96 Å². The molecule has 0 unspecified atom stereocenters. The molecule has 1 heterocycles. The lowest BCUT2D eigenvalue weighted by molar-refractivity contribution is -0.137. The first-order valence-corrected chi connectivity index (χ1v) is 8.41. The largest absolute Gasteiger partial charge is 0.416 e. The number of alkyl halides is 3. The van der Waals surface area contributed by atoms with Crippen molar-refractivity contribution in [3.8, 4) is 0 Å². The molecule has 2 atom stereocenters. The topological polar surface area (TPSA) is 58.7 Å². The Morgan fingerprint density at radius 2 is 1.78 bits per heavy atom. The van der Waals surface area contributed by atoms with E-state index >= 15 is 0 Å². The fourth-order valence-electron chi connectivity index (χ4n) is 3.45. The first kappa shape index (κ1) is 18.9. The SMILES string of the molecule is Cc1cccc([C@@]2(C)N=C(N)N(C)C(=O)[C@H]2c2ccc(C(F)(F)F)cc2)c1. The van der Waals surface area contributed by atoms with Crippen molar-refractivity contribution in [2.45, 2.75) is 31.5 Å². The summed E-state index contributed by atoms with van der Waals surface area (Å²) in [5.41, 5.74) is 6.38. The van der Waals surface area contributed by atoms with Gasteiger partial charge in [-0.3, -0.25) is 9.69 Å². The Bertz CT molecular complexity index is 905. The zero-order valence-corrected chi connectivity index (χ0v) is 15.2. The van der Waals surface area contributed by atoms with Crippen molar-refractivity contribution in [3.63, 3.8) is 0 Å². The first-order valence-electron chi connectivity index (χ1n) is 8.41. The minimum atomic E-state index is -4.44. The number of rotatable bonds is 2. The maximum Gasteiger partial charge on any atom is 0.416 e. The van der Waals surface area contributed by atoms with E-state index in [1.807, 2.05) is 31.2 Å². The van der Waals surface area contributed by atoms with Gasteiger partial charge in [-0.25, -0.2) is 4.99 Å². The van der Waals surface area contributed by atoms with Gasteiger partial charge in [0.25, 0.3) is 0 Å². The van der Waals surface area contributed by atoms with Crippen LogP contribution in [0.25, 0.3) is 0 Å². The molecule has 2 N–H and O–H groups in total. The van der Waals surface area contributed by atoms with E-state index in [9.17, 15) is 18.0 Å². The molecule has 0 fully saturated rings. The van der Waals surface area contributed by atoms with Crippen molar-refractivity contribution in [2.24, 2.45) is 10.7 Å². The van der Waals surface area contributed by atoms with Crippen molar-refractivity contribution in [3.05, 3.63) is 70.8 Å². The lowest BCUT2D eigenvalue weighted by Crippen LogP contribution is -2.52. The number of carbonyl (C=O) groups is 1. The quantitative estimate of drug-likeness (QED) is 0.868. The molecule has 0 aliphatic carbocycles. The first-order chi connectivity index (χ1) is 12.5. The van der Waals surface area contributed by atoms with E-state index in [0.29, 0.717) is 5.56 Å². The van der Waals surface area contributed by atoms with E-state index in [-0.39, 0.29) is 11.9 Å². The highest BCUT2D eigenvalue weighted by molar-refractivity contribution is 6.02. The molecule has 2 aromatic rings. The number of likely N-dealkylation sites (N-methyl/N-ethyl adjacent to an activating group) is 1. The molecule has 1 aliphatic heterocycles. The van der Waals surface area contributed by atoms with Crippen molar-refractivity contribution in [2.75, 3.05) is 7.05 Å². The molecule has 0 bridgehead atoms. The maximum absolute atomic E-state index is 13.0. The monoisotopic (exact) mass is 375 g/mol. The normalized spacial score (nSPS) is 23.3. The van der Waals surface area contributed by atoms with E-state index in [1.165, 1.54) is 24.1 Å². The molecule has 142 valence electrons. The fraction of sp³-hybridized carbons (Fsp3) is 0.300. The zero-order valence-electron chi connectivity index (χ0n) is 15.2. The number of hydrogen-bond donors (Lipinski definition) is 1. The van der Waals surface area contributed by atoms with Gasteiger partial charge in [0.2, 0.25) is 5.91 Å². The maximum atomic E-state index is 13.0. The van der Waals surface area contributed by atoms with Crippen LogP contribution in [0, 0.1) is 6.92 Å². The number of amides is 1. The Balaban J connectivity index is 2.16. The highest BCUT2D eigenvalue weighted by Crippen LogP contribution is 2.44. The van der Waals surface area contributed by atoms with Crippen LogP contribution >= 0.6 is 0 Å². The summed E-state index contributed by atoms with van der Waals surface area (Å²) >= 11 is 0. The van der Waals surface area contributed by atoms with Crippen LogP contribution in [0.3, 0.4) is 0 Å². The number of aryl methyl sites for hydroxylation is 1. The number of nitrogens with two attached hydrogens (primary N) is 1. The highest BCUT2D eigenvalue weighted by Gasteiger charge is 2.47. The average molecular weight is 375 g/mol. The fourth-order valence-corrected chi connectivity index (χ4v) is 3.45. The molecule has 1 aliphatic rings. The zero-order chi connectivity index (χ0) is 20.0. The molecule has 27 heavy (non-hydrogen) atoms. The molecule has 1 amide bonds. The van der Waals surface area contributed by atoms with Crippen LogP contribution < -0.4 is 5.73 Å². The summed E-state index contributed by atoms with van der Waals surface area (Å²) in [6, 6.07) is 12.2. The summed E-state index contributed by atoms with van der Waals surface area (Å²) < 4.78 is 38.7. The Morgan fingerprint density at radius 1 is 1.15 bits per heavy atom. The molecule has 0 radical (unpaired) electrons. The third-order valence-electron chi connectivity index (χ3n) is 5.00. The Morgan fingerprint density at radius 3 is 2.33 bits per heavy atom. The standard InChI is InChI=1S/C20H20F3N3O/c1-12-5-4-6-15(11-12)19(2)16(17(27)26(3)18(24)25-19)13-7-9-14(10-8-13)20(21,22)23/h4-11,16H,1-3H3,(H2,24,25)/t16-,19-/m1/s1. The lowest BCUT2D eigenvalue weighted by Gasteiger charge is -2.41. The van der Waals surface area contributed by atoms with Crippen LogP contribution in [-0.2, 0) is 16.5 Å². The van der Waals surface area contributed by atoms with Crippen LogP contribution in [0.1, 0.15) is 35.1 Å². The molecule has 0 spiro atoms. The Kier molecular flexibility index (Phi) is 4.49. The molecular weight excluding hydrogens is 355 g/mol. The van der Waals surface area contributed by atoms with Gasteiger partial charge in [-0.05, 0) is 37.1 Å². The van der Waals surface area contributed by atoms with Gasteiger partial charge in [-0.15, -0.1) is 0 Å². The summed E-state index contributed by atoms with van der Waals surface area (Å²) in [6.45, 7) is 3.70. The van der Waals surface area contributed by atoms with Gasteiger partial charge >= 0.3 is 6.18 Å². The molecular formula is C20H20F3N3O. The van der Waals surface area contributed by atoms with E-state index in [4.69, 9.17) is 5.73 Å². The second-order valence-corrected chi connectivity index (χ2v) is 6.94. The highest BCUT2D eigenvalue weighted by atomic mass is 19.4. The molecule has 0 aromatic heterocycles. The van der Waals surface area contributed by atoms with Crippen molar-refractivity contribution in [1.29, 1.82) is 0 Å². The second kappa shape index (κ2) is 6.40. The average Bonchev–Trinajstić information content (AvgIpc) is 2.59. The lowest BCUT2D eigenvalue weighted by atomic mass is 9.74. The van der Waals surface area contributed by atoms with Crippen molar-refractivity contribution < 1.29 is 18.0 Å². The summed E-state index contributed by atoms with van der Waals surface area (Å²) in [6.07, 6.45) is -4.44. The van der Waals surface area contributed by atoms with Crippen LogP contribution in [0.4, 0.5) is 13.2 Å². The Labute approximate surface area is 155 Å². The number of benzene rings is 2. The van der Waals surface area contributed by atoms with Gasteiger partial charge in [0.05, 0.1) is 11.5 Å². The molecule has 7 heteroatoms. The molecule has 2 aromatic carbocycles. The number of hydrogen-bond acceptors (Lipinski definition) is 3. The summed E-state index contributed by atoms with van der Waals surface area (Å²) in [7, 11) is 1.51. The van der Waals surface area contributed by atoms with Gasteiger partial charge in [-0.2, -0.15) is 13.2 Å². The van der Waals surface area contributed by atoms with E-state index in [1.54, 1.807) is 6.92 Å². The van der Waals surface area contributed by atoms with Gasteiger partial charge in [0, 0.05) is 7.05 Å². The van der Waals surface area contributed by atoms with Crippen molar-refractivity contribution >= 4 is 11.9 Å². The number of aliphatic imine (C=N–C) groups is 1. The predicted octanol–water partition coefficient (Wildman–Crippen LogP) is 3.80. The van der Waals surface area contributed by atoms with Gasteiger partial charge in [0.1, 0.15) is 5.54 Å². The van der Waals surface area contributed by atoms with Crippen molar-refractivity contribution in [1.82, 2.24) is 4.90 Å². The summed E-state index contributed by atoms with van der Waals surface area (Å²) in [5.74, 6) is -1.03. The minimum Gasteiger partial charge on any atom is -0.369 e. The van der Waals surface area contributed by atoms with E-state index in [0.717, 1.165) is 23.3 Å². The number of guanidine groups is 1. The van der Waals surface area contributed by atoms with Crippen LogP contribution in [0.2, 0.25) is 0 Å². The molecule has 0 saturated carbocycles. The van der Waals surface area contributed by atoms with E-state index in [2.05, 4.69) is 4.99 Å². The van der Waals surface area contributed by atoms with Crippen LogP contribution in [0.15, 0.2) is 53.5 Å². The molecule has 3 rings (SSSR count). The van der Waals surface area contributed by atoms with Gasteiger partial charge in [-0.1, -0.05) is 42.0 Å². The minimum absolute atomic E-state index is 0.0761.